The molecule has 0 bridgehead atoms. The second kappa shape index (κ2) is 6.24. The number of carbonyl (C=O) groups is 1. The fraction of sp³-hybridized carbons (Fsp3) is 0.235. The van der Waals surface area contributed by atoms with Crippen LogP contribution < -0.4 is 4.74 Å². The summed E-state index contributed by atoms with van der Waals surface area (Å²) in [4.78, 5) is 11.3. The number of para-hydroxylation sites is 1. The SMILES string of the molecule is CC(C)c1cccc(C(=O)O)c1OCc1ccccc1. The highest BCUT2D eigenvalue weighted by Crippen LogP contribution is 2.31. The van der Waals surface area contributed by atoms with E-state index in [1.54, 1.807) is 12.1 Å². The first-order valence-corrected chi connectivity index (χ1v) is 6.62. The monoisotopic (exact) mass is 270 g/mol. The Morgan fingerprint density at radius 3 is 2.40 bits per heavy atom. The Labute approximate surface area is 118 Å². The van der Waals surface area contributed by atoms with Crippen LogP contribution in [0.1, 0.15) is 41.3 Å². The number of carboxylic acid groups (broad SMARTS) is 1. The first-order chi connectivity index (χ1) is 9.59. The molecule has 0 aliphatic rings. The molecule has 20 heavy (non-hydrogen) atoms. The quantitative estimate of drug-likeness (QED) is 0.890. The summed E-state index contributed by atoms with van der Waals surface area (Å²) < 4.78 is 5.80. The molecule has 3 nitrogen and oxygen atoms in total. The Balaban J connectivity index is 2.31. The molecule has 0 aromatic heterocycles. The number of hydrogen-bond donors (Lipinski definition) is 1. The van der Waals surface area contributed by atoms with E-state index in [0.717, 1.165) is 11.1 Å². The lowest BCUT2D eigenvalue weighted by Crippen LogP contribution is -2.07. The normalized spacial score (nSPS) is 10.6. The molecule has 0 aliphatic heterocycles. The van der Waals surface area contributed by atoms with Crippen molar-refractivity contribution in [1.29, 1.82) is 0 Å². The summed E-state index contributed by atoms with van der Waals surface area (Å²) in [5, 5.41) is 9.29. The van der Waals surface area contributed by atoms with E-state index in [1.807, 2.05) is 50.2 Å². The maximum Gasteiger partial charge on any atom is 0.339 e. The molecule has 0 aliphatic carbocycles. The summed E-state index contributed by atoms with van der Waals surface area (Å²) in [6, 6.07) is 15.0. The number of ether oxygens (including phenoxy) is 1. The molecule has 0 radical (unpaired) electrons. The third kappa shape index (κ3) is 3.18. The molecule has 0 atom stereocenters. The molecule has 0 amide bonds. The van der Waals surface area contributed by atoms with Gasteiger partial charge in [-0.25, -0.2) is 4.79 Å². The maximum atomic E-state index is 11.3. The second-order valence-corrected chi connectivity index (χ2v) is 4.96. The largest absolute Gasteiger partial charge is 0.488 e. The lowest BCUT2D eigenvalue weighted by Gasteiger charge is -2.16. The Hall–Kier alpha value is -2.29. The fourth-order valence-corrected chi connectivity index (χ4v) is 2.07. The smallest absolute Gasteiger partial charge is 0.339 e. The van der Waals surface area contributed by atoms with Crippen LogP contribution in [0.4, 0.5) is 0 Å². The molecule has 2 rings (SSSR count). The fourth-order valence-electron chi connectivity index (χ4n) is 2.07. The van der Waals surface area contributed by atoms with E-state index in [9.17, 15) is 9.90 Å². The van der Waals surface area contributed by atoms with Crippen molar-refractivity contribution in [3.8, 4) is 5.75 Å². The number of carboxylic acids is 1. The molecule has 0 heterocycles. The predicted molar refractivity (Wildman–Crippen MR) is 78.3 cm³/mol. The van der Waals surface area contributed by atoms with Gasteiger partial charge >= 0.3 is 5.97 Å². The molecule has 2 aromatic carbocycles. The number of hydrogen-bond acceptors (Lipinski definition) is 2. The Bertz CT molecular complexity index is 588. The van der Waals surface area contributed by atoms with Crippen LogP contribution in [0.25, 0.3) is 0 Å². The van der Waals surface area contributed by atoms with Crippen molar-refractivity contribution in [2.24, 2.45) is 0 Å². The van der Waals surface area contributed by atoms with Gasteiger partial charge in [0.05, 0.1) is 0 Å². The number of rotatable bonds is 5. The van der Waals surface area contributed by atoms with E-state index >= 15 is 0 Å². The van der Waals surface area contributed by atoms with Crippen molar-refractivity contribution in [3.63, 3.8) is 0 Å². The lowest BCUT2D eigenvalue weighted by atomic mass is 9.99. The zero-order valence-electron chi connectivity index (χ0n) is 11.7. The average Bonchev–Trinajstić information content (AvgIpc) is 2.45. The van der Waals surface area contributed by atoms with Crippen molar-refractivity contribution < 1.29 is 14.6 Å². The van der Waals surface area contributed by atoms with Crippen LogP contribution in [-0.2, 0) is 6.61 Å². The Morgan fingerprint density at radius 1 is 1.10 bits per heavy atom. The maximum absolute atomic E-state index is 11.3. The van der Waals surface area contributed by atoms with Crippen LogP contribution in [0.5, 0.6) is 5.75 Å². The van der Waals surface area contributed by atoms with Crippen molar-refractivity contribution in [2.45, 2.75) is 26.4 Å². The van der Waals surface area contributed by atoms with Crippen molar-refractivity contribution in [2.75, 3.05) is 0 Å². The number of aromatic carboxylic acids is 1. The van der Waals surface area contributed by atoms with E-state index in [2.05, 4.69) is 0 Å². The molecule has 0 spiro atoms. The van der Waals surface area contributed by atoms with E-state index in [0.29, 0.717) is 12.4 Å². The summed E-state index contributed by atoms with van der Waals surface area (Å²) in [6.07, 6.45) is 0. The third-order valence-electron chi connectivity index (χ3n) is 3.12. The first kappa shape index (κ1) is 14.1. The first-order valence-electron chi connectivity index (χ1n) is 6.62. The summed E-state index contributed by atoms with van der Waals surface area (Å²) in [7, 11) is 0. The second-order valence-electron chi connectivity index (χ2n) is 4.96. The van der Waals surface area contributed by atoms with E-state index in [-0.39, 0.29) is 11.5 Å². The van der Waals surface area contributed by atoms with Crippen LogP contribution in [0.2, 0.25) is 0 Å². The van der Waals surface area contributed by atoms with Gasteiger partial charge in [-0.1, -0.05) is 56.3 Å². The minimum atomic E-state index is -0.962. The predicted octanol–water partition coefficient (Wildman–Crippen LogP) is 4.09. The van der Waals surface area contributed by atoms with Crippen LogP contribution >= 0.6 is 0 Å². The van der Waals surface area contributed by atoms with E-state index < -0.39 is 5.97 Å². The zero-order valence-corrected chi connectivity index (χ0v) is 11.7. The van der Waals surface area contributed by atoms with Gasteiger partial charge in [-0.05, 0) is 23.1 Å². The highest BCUT2D eigenvalue weighted by molar-refractivity contribution is 5.91. The van der Waals surface area contributed by atoms with Gasteiger partial charge in [0.15, 0.2) is 0 Å². The van der Waals surface area contributed by atoms with Gasteiger partial charge in [-0.2, -0.15) is 0 Å². The lowest BCUT2D eigenvalue weighted by molar-refractivity contribution is 0.0691. The minimum Gasteiger partial charge on any atom is -0.488 e. The van der Waals surface area contributed by atoms with E-state index in [4.69, 9.17) is 4.74 Å². The molecule has 2 aromatic rings. The molecule has 0 saturated carbocycles. The molecular formula is C17H18O3. The molecule has 3 heteroatoms. The van der Waals surface area contributed by atoms with Gasteiger partial charge in [0.2, 0.25) is 0 Å². The van der Waals surface area contributed by atoms with E-state index in [1.165, 1.54) is 0 Å². The molecule has 104 valence electrons. The van der Waals surface area contributed by atoms with Crippen molar-refractivity contribution in [3.05, 3.63) is 65.2 Å². The van der Waals surface area contributed by atoms with Gasteiger partial charge in [0, 0.05) is 0 Å². The molecular weight excluding hydrogens is 252 g/mol. The van der Waals surface area contributed by atoms with Gasteiger partial charge in [-0.15, -0.1) is 0 Å². The van der Waals surface area contributed by atoms with Crippen LogP contribution in [0, 0.1) is 0 Å². The molecule has 1 N–H and O–H groups in total. The van der Waals surface area contributed by atoms with Gasteiger partial charge in [0.25, 0.3) is 0 Å². The van der Waals surface area contributed by atoms with Gasteiger partial charge in [-0.3, -0.25) is 0 Å². The third-order valence-corrected chi connectivity index (χ3v) is 3.12. The molecule has 0 saturated heterocycles. The summed E-state index contributed by atoms with van der Waals surface area (Å²) in [5.41, 5.74) is 2.15. The van der Waals surface area contributed by atoms with Crippen LogP contribution in [0.3, 0.4) is 0 Å². The summed E-state index contributed by atoms with van der Waals surface area (Å²) >= 11 is 0. The minimum absolute atomic E-state index is 0.208. The zero-order chi connectivity index (χ0) is 14.5. The summed E-state index contributed by atoms with van der Waals surface area (Å²) in [5.74, 6) is -0.283. The Morgan fingerprint density at radius 2 is 1.80 bits per heavy atom. The molecule has 0 unspecified atom stereocenters. The van der Waals surface area contributed by atoms with Crippen LogP contribution in [-0.4, -0.2) is 11.1 Å². The topological polar surface area (TPSA) is 46.5 Å². The van der Waals surface area contributed by atoms with Gasteiger partial charge in [0.1, 0.15) is 17.9 Å². The van der Waals surface area contributed by atoms with Gasteiger partial charge < -0.3 is 9.84 Å². The molecule has 0 fully saturated rings. The standard InChI is InChI=1S/C17H18O3/c1-12(2)14-9-6-10-15(17(18)19)16(14)20-11-13-7-4-3-5-8-13/h3-10,12H,11H2,1-2H3,(H,18,19). The van der Waals surface area contributed by atoms with Crippen LogP contribution in [0.15, 0.2) is 48.5 Å². The van der Waals surface area contributed by atoms with Crippen molar-refractivity contribution in [1.82, 2.24) is 0 Å². The highest BCUT2D eigenvalue weighted by atomic mass is 16.5. The summed E-state index contributed by atoms with van der Waals surface area (Å²) in [6.45, 7) is 4.41. The average molecular weight is 270 g/mol. The Kier molecular flexibility index (Phi) is 4.41. The van der Waals surface area contributed by atoms with Crippen molar-refractivity contribution >= 4 is 5.97 Å². The number of benzene rings is 2. The highest BCUT2D eigenvalue weighted by Gasteiger charge is 2.17.